The highest BCUT2D eigenvalue weighted by Crippen LogP contribution is 2.37. The van der Waals surface area contributed by atoms with Crippen molar-refractivity contribution in [3.8, 4) is 0 Å². The van der Waals surface area contributed by atoms with Crippen LogP contribution in [-0.2, 0) is 6.42 Å². The summed E-state index contributed by atoms with van der Waals surface area (Å²) in [5.41, 5.74) is 1.11. The minimum Gasteiger partial charge on any atom is -0.263 e. The fourth-order valence-corrected chi connectivity index (χ4v) is 4.43. The van der Waals surface area contributed by atoms with E-state index in [1.807, 2.05) is 6.07 Å². The number of alkyl halides is 1. The predicted molar refractivity (Wildman–Crippen MR) is 76.6 cm³/mol. The molecule has 0 saturated carbocycles. The number of nitrogens with zero attached hydrogens (tertiary/aromatic N) is 1. The summed E-state index contributed by atoms with van der Waals surface area (Å²) < 4.78 is 1.14. The van der Waals surface area contributed by atoms with Crippen LogP contribution < -0.4 is 0 Å². The van der Waals surface area contributed by atoms with E-state index in [4.69, 9.17) is 11.6 Å². The van der Waals surface area contributed by atoms with Gasteiger partial charge < -0.3 is 0 Å². The first-order valence-electron chi connectivity index (χ1n) is 4.64. The summed E-state index contributed by atoms with van der Waals surface area (Å²) in [5, 5.41) is 2.79. The minimum absolute atomic E-state index is 0.279. The number of thiophene rings is 1. The van der Waals surface area contributed by atoms with Crippen molar-refractivity contribution in [3.63, 3.8) is 0 Å². The van der Waals surface area contributed by atoms with Gasteiger partial charge in [0.25, 0.3) is 0 Å². The van der Waals surface area contributed by atoms with Crippen molar-refractivity contribution >= 4 is 54.8 Å². The van der Waals surface area contributed by atoms with Gasteiger partial charge in [0.05, 0.1) is 9.85 Å². The van der Waals surface area contributed by atoms with Crippen molar-refractivity contribution < 1.29 is 0 Å². The van der Waals surface area contributed by atoms with Crippen molar-refractivity contribution in [1.82, 2.24) is 4.98 Å². The van der Waals surface area contributed by atoms with E-state index in [1.165, 1.54) is 4.88 Å². The molecule has 84 valence electrons. The molecule has 1 nitrogen and oxygen atoms in total. The number of pyridine rings is 1. The van der Waals surface area contributed by atoms with Gasteiger partial charge in [-0.1, -0.05) is 27.5 Å². The summed E-state index contributed by atoms with van der Waals surface area (Å²) in [6.07, 6.45) is 4.31. The third kappa shape index (κ3) is 2.86. The molecule has 0 radical (unpaired) electrons. The van der Waals surface area contributed by atoms with Crippen LogP contribution in [0.4, 0.5) is 0 Å². The largest absolute Gasteiger partial charge is 0.263 e. The maximum Gasteiger partial charge on any atom is 0.0621 e. The molecular formula is C11H8Br2ClNS. The Labute approximate surface area is 120 Å². The van der Waals surface area contributed by atoms with Gasteiger partial charge in [0.2, 0.25) is 0 Å². The molecule has 0 bridgehead atoms. The molecule has 0 aromatic carbocycles. The van der Waals surface area contributed by atoms with Gasteiger partial charge in [-0.2, -0.15) is 0 Å². The number of hydrogen-bond acceptors (Lipinski definition) is 2. The second-order valence-corrected chi connectivity index (χ2v) is 6.59. The molecule has 2 heterocycles. The smallest absolute Gasteiger partial charge is 0.0621 e. The van der Waals surface area contributed by atoms with E-state index in [0.29, 0.717) is 0 Å². The predicted octanol–water partition coefficient (Wildman–Crippen LogP) is 5.24. The quantitative estimate of drug-likeness (QED) is 0.663. The zero-order valence-electron chi connectivity index (χ0n) is 8.16. The Kier molecular flexibility index (Phi) is 4.41. The van der Waals surface area contributed by atoms with E-state index >= 15 is 0 Å². The lowest BCUT2D eigenvalue weighted by atomic mass is 10.1. The second-order valence-electron chi connectivity index (χ2n) is 3.27. The van der Waals surface area contributed by atoms with Crippen molar-refractivity contribution in [2.24, 2.45) is 0 Å². The van der Waals surface area contributed by atoms with Crippen LogP contribution in [0.5, 0.6) is 0 Å². The topological polar surface area (TPSA) is 12.9 Å². The second kappa shape index (κ2) is 5.63. The molecule has 0 aliphatic rings. The summed E-state index contributed by atoms with van der Waals surface area (Å²) >= 11 is 15.0. The van der Waals surface area contributed by atoms with E-state index in [9.17, 15) is 0 Å². The Morgan fingerprint density at radius 3 is 2.88 bits per heavy atom. The van der Waals surface area contributed by atoms with E-state index in [-0.39, 0.29) is 4.83 Å². The molecule has 1 unspecified atom stereocenters. The molecule has 0 aliphatic heterocycles. The number of aromatic nitrogens is 1. The third-order valence-corrected chi connectivity index (χ3v) is 5.59. The van der Waals surface area contributed by atoms with Crippen LogP contribution in [0.15, 0.2) is 34.4 Å². The fraction of sp³-hybridized carbons (Fsp3) is 0.182. The molecule has 2 aromatic heterocycles. The summed E-state index contributed by atoms with van der Waals surface area (Å²) in [7, 11) is 0. The minimum atomic E-state index is 0.279. The van der Waals surface area contributed by atoms with E-state index in [0.717, 1.165) is 21.5 Å². The molecule has 0 spiro atoms. The summed E-state index contributed by atoms with van der Waals surface area (Å²) in [5.74, 6) is 0. The van der Waals surface area contributed by atoms with Gasteiger partial charge in [0.15, 0.2) is 0 Å². The number of halogens is 3. The van der Waals surface area contributed by atoms with E-state index in [1.54, 1.807) is 23.7 Å². The van der Waals surface area contributed by atoms with Crippen LogP contribution >= 0.6 is 54.8 Å². The van der Waals surface area contributed by atoms with Crippen LogP contribution in [-0.4, -0.2) is 4.98 Å². The average Bonchev–Trinajstić information content (AvgIpc) is 2.68. The molecular weight excluding hydrogens is 373 g/mol. The molecule has 1 atom stereocenters. The van der Waals surface area contributed by atoms with E-state index in [2.05, 4.69) is 48.3 Å². The van der Waals surface area contributed by atoms with Crippen LogP contribution in [0.2, 0.25) is 5.02 Å². The molecule has 2 aromatic rings. The third-order valence-electron chi connectivity index (χ3n) is 2.18. The Bertz CT molecular complexity index is 486. The Balaban J connectivity index is 2.17. The van der Waals surface area contributed by atoms with Crippen molar-refractivity contribution in [3.05, 3.63) is 49.8 Å². The molecule has 0 N–H and O–H groups in total. The van der Waals surface area contributed by atoms with Gasteiger partial charge in [-0.25, -0.2) is 0 Å². The molecule has 0 fully saturated rings. The number of rotatable bonds is 3. The Morgan fingerprint density at radius 2 is 2.25 bits per heavy atom. The molecule has 2 rings (SSSR count). The summed E-state index contributed by atoms with van der Waals surface area (Å²) in [6.45, 7) is 0. The fourth-order valence-electron chi connectivity index (χ4n) is 1.38. The lowest BCUT2D eigenvalue weighted by Crippen LogP contribution is -1.95. The van der Waals surface area contributed by atoms with Crippen LogP contribution in [0, 0.1) is 0 Å². The highest BCUT2D eigenvalue weighted by Gasteiger charge is 2.14. The van der Waals surface area contributed by atoms with Gasteiger partial charge in [-0.3, -0.25) is 4.98 Å². The maximum absolute atomic E-state index is 6.08. The van der Waals surface area contributed by atoms with E-state index < -0.39 is 0 Å². The molecule has 16 heavy (non-hydrogen) atoms. The first-order chi connectivity index (χ1) is 7.68. The Hall–Kier alpha value is 0.1000. The summed E-state index contributed by atoms with van der Waals surface area (Å²) in [6, 6.07) is 4.01. The van der Waals surface area contributed by atoms with Crippen molar-refractivity contribution in [2.45, 2.75) is 11.2 Å². The Morgan fingerprint density at radius 1 is 1.44 bits per heavy atom. The normalized spacial score (nSPS) is 12.7. The van der Waals surface area contributed by atoms with Crippen LogP contribution in [0.3, 0.4) is 0 Å². The monoisotopic (exact) mass is 379 g/mol. The molecule has 5 heteroatoms. The van der Waals surface area contributed by atoms with Gasteiger partial charge in [0, 0.05) is 21.7 Å². The van der Waals surface area contributed by atoms with Gasteiger partial charge >= 0.3 is 0 Å². The standard InChI is InChI=1S/C11H8Br2ClNS/c12-8-2-4-16-11(8)9(13)5-7-1-3-15-6-10(7)14/h1-4,6,9H,5H2. The lowest BCUT2D eigenvalue weighted by molar-refractivity contribution is 0.960. The zero-order valence-corrected chi connectivity index (χ0v) is 12.9. The van der Waals surface area contributed by atoms with Gasteiger partial charge in [-0.05, 0) is 45.4 Å². The van der Waals surface area contributed by atoms with Crippen molar-refractivity contribution in [2.75, 3.05) is 0 Å². The highest BCUT2D eigenvalue weighted by atomic mass is 79.9. The first-order valence-corrected chi connectivity index (χ1v) is 7.60. The molecule has 0 saturated heterocycles. The lowest BCUT2D eigenvalue weighted by Gasteiger charge is -2.09. The summed E-state index contributed by atoms with van der Waals surface area (Å²) in [4.78, 5) is 5.54. The van der Waals surface area contributed by atoms with Crippen LogP contribution in [0.1, 0.15) is 15.3 Å². The molecule has 0 aliphatic carbocycles. The first kappa shape index (κ1) is 12.6. The molecule has 0 amide bonds. The average molecular weight is 382 g/mol. The van der Waals surface area contributed by atoms with Gasteiger partial charge in [0.1, 0.15) is 0 Å². The SMILES string of the molecule is Clc1cnccc1CC(Br)c1sccc1Br. The maximum atomic E-state index is 6.08. The van der Waals surface area contributed by atoms with Crippen LogP contribution in [0.25, 0.3) is 0 Å². The van der Waals surface area contributed by atoms with Crippen molar-refractivity contribution in [1.29, 1.82) is 0 Å². The number of hydrogen-bond donors (Lipinski definition) is 0. The zero-order chi connectivity index (χ0) is 11.5. The highest BCUT2D eigenvalue weighted by molar-refractivity contribution is 9.11. The van der Waals surface area contributed by atoms with Gasteiger partial charge in [-0.15, -0.1) is 11.3 Å².